The monoisotopic (exact) mass is 220 g/mol. The lowest BCUT2D eigenvalue weighted by molar-refractivity contribution is -0.124. The highest BCUT2D eigenvalue weighted by Crippen LogP contribution is 2.27. The van der Waals surface area contributed by atoms with E-state index >= 15 is 0 Å². The smallest absolute Gasteiger partial charge is 0.241 e. The fraction of sp³-hybridized carbons (Fsp3) is 0.273. The number of hydrogen-bond acceptors (Lipinski definition) is 3. The molecule has 0 aromatic heterocycles. The molecule has 1 unspecified atom stereocenters. The van der Waals surface area contributed by atoms with E-state index in [9.17, 15) is 4.79 Å². The van der Waals surface area contributed by atoms with Gasteiger partial charge in [-0.25, -0.2) is 4.99 Å². The number of carbonyl (C=O) groups is 1. The van der Waals surface area contributed by atoms with Crippen molar-refractivity contribution in [1.29, 1.82) is 0 Å². The molecule has 1 aromatic rings. The second-order valence-corrected chi connectivity index (χ2v) is 4.70. The number of aliphatic imine (C=N–C) groups is 1. The number of amides is 1. The van der Waals surface area contributed by atoms with Gasteiger partial charge >= 0.3 is 0 Å². The maximum Gasteiger partial charge on any atom is 0.241 e. The summed E-state index contributed by atoms with van der Waals surface area (Å²) >= 11 is 1.50. The Morgan fingerprint density at radius 1 is 1.33 bits per heavy atom. The van der Waals surface area contributed by atoms with Crippen LogP contribution in [0.25, 0.3) is 0 Å². The van der Waals surface area contributed by atoms with E-state index in [4.69, 9.17) is 0 Å². The van der Waals surface area contributed by atoms with Crippen molar-refractivity contribution < 1.29 is 4.79 Å². The van der Waals surface area contributed by atoms with Crippen LogP contribution in [0.3, 0.4) is 0 Å². The molecule has 2 rings (SSSR count). The molecular weight excluding hydrogens is 208 g/mol. The second kappa shape index (κ2) is 4.06. The molecule has 1 atom stereocenters. The second-order valence-electron chi connectivity index (χ2n) is 3.39. The quantitative estimate of drug-likeness (QED) is 0.727. The predicted octanol–water partition coefficient (Wildman–Crippen LogP) is 2.27. The Balaban J connectivity index is 2.26. The van der Waals surface area contributed by atoms with Crippen LogP contribution < -0.4 is 0 Å². The molecule has 15 heavy (non-hydrogen) atoms. The normalized spacial score (nSPS) is 23.9. The van der Waals surface area contributed by atoms with E-state index in [0.29, 0.717) is 0 Å². The van der Waals surface area contributed by atoms with Crippen LogP contribution in [0.4, 0.5) is 5.69 Å². The number of rotatable bonds is 1. The van der Waals surface area contributed by atoms with Gasteiger partial charge in [0.1, 0.15) is 0 Å². The number of para-hydroxylation sites is 1. The minimum atomic E-state index is -0.0162. The molecule has 1 fully saturated rings. The van der Waals surface area contributed by atoms with Gasteiger partial charge in [-0.2, -0.15) is 0 Å². The third-order valence-corrected chi connectivity index (χ3v) is 3.36. The van der Waals surface area contributed by atoms with Crippen LogP contribution in [-0.4, -0.2) is 28.3 Å². The van der Waals surface area contributed by atoms with Crippen molar-refractivity contribution in [3.05, 3.63) is 30.3 Å². The number of nitrogens with zero attached hydrogens (tertiary/aromatic N) is 2. The van der Waals surface area contributed by atoms with Gasteiger partial charge in [0, 0.05) is 7.05 Å². The van der Waals surface area contributed by atoms with Gasteiger partial charge in [-0.05, 0) is 19.1 Å². The summed E-state index contributed by atoms with van der Waals surface area (Å²) in [6.45, 7) is 1.90. The van der Waals surface area contributed by atoms with Crippen molar-refractivity contribution in [3.8, 4) is 0 Å². The minimum absolute atomic E-state index is 0.0162. The Bertz CT molecular complexity index is 402. The zero-order valence-corrected chi connectivity index (χ0v) is 9.49. The number of carbonyl (C=O) groups excluding carboxylic acids is 1. The predicted molar refractivity (Wildman–Crippen MR) is 63.4 cm³/mol. The van der Waals surface area contributed by atoms with Gasteiger partial charge < -0.3 is 0 Å². The molecule has 0 N–H and O–H groups in total. The molecule has 1 saturated heterocycles. The highest BCUT2D eigenvalue weighted by Gasteiger charge is 2.31. The summed E-state index contributed by atoms with van der Waals surface area (Å²) in [4.78, 5) is 17.6. The molecule has 4 heteroatoms. The molecule has 0 saturated carbocycles. The molecule has 78 valence electrons. The van der Waals surface area contributed by atoms with Crippen molar-refractivity contribution in [2.75, 3.05) is 7.05 Å². The fourth-order valence-electron chi connectivity index (χ4n) is 1.37. The summed E-state index contributed by atoms with van der Waals surface area (Å²) in [6, 6.07) is 9.67. The van der Waals surface area contributed by atoms with Gasteiger partial charge in [0.25, 0.3) is 0 Å². The summed E-state index contributed by atoms with van der Waals surface area (Å²) < 4.78 is 0. The van der Waals surface area contributed by atoms with E-state index in [-0.39, 0.29) is 11.2 Å². The SMILES string of the molecule is CC1SC(=Nc2ccccc2)N(C)C1=O. The molecule has 1 aliphatic heterocycles. The first-order valence-electron chi connectivity index (χ1n) is 4.76. The number of hydrogen-bond donors (Lipinski definition) is 0. The average molecular weight is 220 g/mol. The summed E-state index contributed by atoms with van der Waals surface area (Å²) in [5.74, 6) is 0.120. The van der Waals surface area contributed by atoms with Gasteiger partial charge in [0.05, 0.1) is 10.9 Å². The Hall–Kier alpha value is -1.29. The van der Waals surface area contributed by atoms with Crippen LogP contribution >= 0.6 is 11.8 Å². The van der Waals surface area contributed by atoms with Crippen LogP contribution in [0.2, 0.25) is 0 Å². The van der Waals surface area contributed by atoms with Gasteiger partial charge in [0.15, 0.2) is 5.17 Å². The molecule has 1 amide bonds. The summed E-state index contributed by atoms with van der Waals surface area (Å²) in [5, 5.41) is 0.760. The Morgan fingerprint density at radius 3 is 2.53 bits per heavy atom. The Labute approximate surface area is 93.2 Å². The Morgan fingerprint density at radius 2 is 2.00 bits per heavy atom. The third kappa shape index (κ3) is 2.04. The van der Waals surface area contributed by atoms with Crippen molar-refractivity contribution in [2.45, 2.75) is 12.2 Å². The van der Waals surface area contributed by atoms with E-state index in [0.717, 1.165) is 10.9 Å². The maximum absolute atomic E-state index is 11.5. The van der Waals surface area contributed by atoms with Gasteiger partial charge in [-0.1, -0.05) is 30.0 Å². The zero-order valence-electron chi connectivity index (χ0n) is 8.68. The molecule has 0 spiro atoms. The van der Waals surface area contributed by atoms with E-state index in [1.165, 1.54) is 11.8 Å². The highest BCUT2D eigenvalue weighted by atomic mass is 32.2. The van der Waals surface area contributed by atoms with Gasteiger partial charge in [-0.15, -0.1) is 0 Å². The van der Waals surface area contributed by atoms with Crippen LogP contribution in [0.5, 0.6) is 0 Å². The topological polar surface area (TPSA) is 32.7 Å². The summed E-state index contributed by atoms with van der Waals surface area (Å²) in [6.07, 6.45) is 0. The summed E-state index contributed by atoms with van der Waals surface area (Å²) in [7, 11) is 1.76. The molecule has 1 heterocycles. The first-order valence-corrected chi connectivity index (χ1v) is 5.64. The number of benzene rings is 1. The standard InChI is InChI=1S/C11H12N2OS/c1-8-10(14)13(2)11(15-8)12-9-6-4-3-5-7-9/h3-8H,1-2H3. The highest BCUT2D eigenvalue weighted by molar-refractivity contribution is 8.15. The fourth-order valence-corrected chi connectivity index (χ4v) is 2.35. The van der Waals surface area contributed by atoms with Crippen LogP contribution in [0.1, 0.15) is 6.92 Å². The lowest BCUT2D eigenvalue weighted by atomic mass is 10.3. The van der Waals surface area contributed by atoms with Crippen LogP contribution in [0.15, 0.2) is 35.3 Å². The van der Waals surface area contributed by atoms with Gasteiger partial charge in [-0.3, -0.25) is 9.69 Å². The molecule has 0 bridgehead atoms. The summed E-state index contributed by atoms with van der Waals surface area (Å²) in [5.41, 5.74) is 0.883. The largest absolute Gasteiger partial charge is 0.293 e. The van der Waals surface area contributed by atoms with Crippen molar-refractivity contribution in [2.24, 2.45) is 4.99 Å². The van der Waals surface area contributed by atoms with Gasteiger partial charge in [0.2, 0.25) is 5.91 Å². The third-order valence-electron chi connectivity index (χ3n) is 2.23. The van der Waals surface area contributed by atoms with E-state index < -0.39 is 0 Å². The molecule has 1 aromatic carbocycles. The van der Waals surface area contributed by atoms with E-state index in [2.05, 4.69) is 4.99 Å². The van der Waals surface area contributed by atoms with Crippen molar-refractivity contribution in [1.82, 2.24) is 4.90 Å². The minimum Gasteiger partial charge on any atom is -0.293 e. The Kier molecular flexibility index (Phi) is 2.77. The van der Waals surface area contributed by atoms with Crippen molar-refractivity contribution >= 4 is 28.5 Å². The average Bonchev–Trinajstić information content (AvgIpc) is 2.48. The van der Waals surface area contributed by atoms with Crippen molar-refractivity contribution in [3.63, 3.8) is 0 Å². The van der Waals surface area contributed by atoms with Crippen LogP contribution in [-0.2, 0) is 4.79 Å². The van der Waals surface area contributed by atoms with E-state index in [1.807, 2.05) is 37.3 Å². The first kappa shape index (κ1) is 10.2. The lowest BCUT2D eigenvalue weighted by Crippen LogP contribution is -2.26. The number of amidine groups is 1. The molecule has 3 nitrogen and oxygen atoms in total. The first-order chi connectivity index (χ1) is 7.18. The lowest BCUT2D eigenvalue weighted by Gasteiger charge is -2.07. The maximum atomic E-state index is 11.5. The molecular formula is C11H12N2OS. The molecule has 0 radical (unpaired) electrons. The zero-order chi connectivity index (χ0) is 10.8. The molecule has 1 aliphatic rings. The molecule has 0 aliphatic carbocycles. The number of thioether (sulfide) groups is 1. The van der Waals surface area contributed by atoms with Crippen LogP contribution in [0, 0.1) is 0 Å². The van der Waals surface area contributed by atoms with E-state index in [1.54, 1.807) is 11.9 Å².